The Morgan fingerprint density at radius 2 is 1.38 bits per heavy atom. The fourth-order valence-electron chi connectivity index (χ4n) is 3.05. The third-order valence-electron chi connectivity index (χ3n) is 4.22. The molecule has 0 amide bonds. The van der Waals surface area contributed by atoms with Crippen molar-refractivity contribution in [3.05, 3.63) is 29.8 Å². The highest BCUT2D eigenvalue weighted by atomic mass is 16.7. The number of carbonyl (C=O) groups is 4. The molecule has 0 radical (unpaired) electrons. The smallest absolute Gasteiger partial charge is 0.303 e. The summed E-state index contributed by atoms with van der Waals surface area (Å²) in [5.41, 5.74) is 0.610. The molecule has 10 nitrogen and oxygen atoms in total. The van der Waals surface area contributed by atoms with E-state index in [0.717, 1.165) is 20.8 Å². The second-order valence-corrected chi connectivity index (χ2v) is 6.85. The van der Waals surface area contributed by atoms with E-state index in [2.05, 4.69) is 5.92 Å². The van der Waals surface area contributed by atoms with Crippen LogP contribution in [0, 0.1) is 12.3 Å². The van der Waals surface area contributed by atoms with Crippen LogP contribution in [0.5, 0.6) is 5.75 Å². The van der Waals surface area contributed by atoms with Crippen LogP contribution in [0.3, 0.4) is 0 Å². The van der Waals surface area contributed by atoms with Crippen LogP contribution in [0.2, 0.25) is 0 Å². The summed E-state index contributed by atoms with van der Waals surface area (Å²) in [5, 5.41) is 0. The molecule has 1 aliphatic rings. The van der Waals surface area contributed by atoms with Crippen molar-refractivity contribution in [2.45, 2.75) is 58.4 Å². The van der Waals surface area contributed by atoms with Crippen molar-refractivity contribution in [3.63, 3.8) is 0 Å². The van der Waals surface area contributed by atoms with Crippen molar-refractivity contribution in [2.24, 2.45) is 0 Å². The van der Waals surface area contributed by atoms with Gasteiger partial charge in [-0.15, -0.1) is 6.42 Å². The molecule has 10 heteroatoms. The quantitative estimate of drug-likeness (QED) is 0.341. The molecule has 172 valence electrons. The Labute approximate surface area is 185 Å². The van der Waals surface area contributed by atoms with Crippen LogP contribution in [0.25, 0.3) is 0 Å². The second kappa shape index (κ2) is 11.2. The largest absolute Gasteiger partial charge is 0.463 e. The maximum absolute atomic E-state index is 11.8. The predicted octanol–water partition coefficient (Wildman–Crippen LogP) is 1.13. The first kappa shape index (κ1) is 24.7. The van der Waals surface area contributed by atoms with Crippen molar-refractivity contribution >= 4 is 23.9 Å². The van der Waals surface area contributed by atoms with E-state index in [1.807, 2.05) is 0 Å². The van der Waals surface area contributed by atoms with Gasteiger partial charge in [0.15, 0.2) is 12.2 Å². The molecular weight excluding hydrogens is 424 g/mol. The molecule has 2 rings (SSSR count). The molecule has 1 saturated heterocycles. The summed E-state index contributed by atoms with van der Waals surface area (Å²) in [4.78, 5) is 46.6. The molecule has 5 atom stereocenters. The van der Waals surface area contributed by atoms with Crippen LogP contribution in [-0.2, 0) is 42.9 Å². The van der Waals surface area contributed by atoms with Gasteiger partial charge in [-0.25, -0.2) is 0 Å². The van der Waals surface area contributed by atoms with E-state index in [9.17, 15) is 19.2 Å². The first-order valence-electron chi connectivity index (χ1n) is 9.64. The van der Waals surface area contributed by atoms with Gasteiger partial charge < -0.3 is 28.4 Å². The molecule has 0 aromatic heterocycles. The zero-order valence-electron chi connectivity index (χ0n) is 18.1. The van der Waals surface area contributed by atoms with Gasteiger partial charge in [-0.1, -0.05) is 5.92 Å². The molecule has 1 aromatic carbocycles. The van der Waals surface area contributed by atoms with Gasteiger partial charge >= 0.3 is 23.9 Å². The predicted molar refractivity (Wildman–Crippen MR) is 107 cm³/mol. The van der Waals surface area contributed by atoms with Gasteiger partial charge in [0.05, 0.1) is 0 Å². The van der Waals surface area contributed by atoms with Crippen molar-refractivity contribution < 1.29 is 47.6 Å². The first-order chi connectivity index (χ1) is 15.1. The number of rotatable bonds is 7. The molecule has 0 N–H and O–H groups in total. The number of carbonyl (C=O) groups excluding carboxylic acids is 4. The van der Waals surface area contributed by atoms with Crippen molar-refractivity contribution in [3.8, 4) is 18.1 Å². The van der Waals surface area contributed by atoms with Crippen LogP contribution in [0.4, 0.5) is 0 Å². The van der Waals surface area contributed by atoms with Crippen LogP contribution in [0.15, 0.2) is 24.3 Å². The molecule has 0 aliphatic carbocycles. The summed E-state index contributed by atoms with van der Waals surface area (Å²) < 4.78 is 32.6. The average Bonchev–Trinajstić information content (AvgIpc) is 2.70. The second-order valence-electron chi connectivity index (χ2n) is 6.85. The van der Waals surface area contributed by atoms with E-state index < -0.39 is 54.6 Å². The van der Waals surface area contributed by atoms with Crippen molar-refractivity contribution in [1.82, 2.24) is 0 Å². The highest BCUT2D eigenvalue weighted by molar-refractivity contribution is 5.68. The average molecular weight is 448 g/mol. The zero-order chi connectivity index (χ0) is 23.8. The van der Waals surface area contributed by atoms with Crippen LogP contribution < -0.4 is 4.74 Å². The van der Waals surface area contributed by atoms with E-state index in [1.54, 1.807) is 24.3 Å². The lowest BCUT2D eigenvalue weighted by atomic mass is 9.98. The minimum absolute atomic E-state index is 0.310. The number of ether oxygens (including phenoxy) is 6. The van der Waals surface area contributed by atoms with Gasteiger partial charge in [-0.3, -0.25) is 19.2 Å². The van der Waals surface area contributed by atoms with E-state index in [-0.39, 0.29) is 6.61 Å². The Bertz CT molecular complexity index is 885. The van der Waals surface area contributed by atoms with E-state index in [4.69, 9.17) is 34.8 Å². The molecule has 0 saturated carbocycles. The van der Waals surface area contributed by atoms with Gasteiger partial charge in [0.2, 0.25) is 12.4 Å². The topological polar surface area (TPSA) is 124 Å². The fraction of sp³-hybridized carbons (Fsp3) is 0.455. The number of hydrogen-bond acceptors (Lipinski definition) is 10. The molecule has 32 heavy (non-hydrogen) atoms. The molecular formula is C22H24O10. The van der Waals surface area contributed by atoms with Crippen molar-refractivity contribution in [2.75, 3.05) is 6.61 Å². The maximum atomic E-state index is 11.8. The number of esters is 4. The Kier molecular flexibility index (Phi) is 8.61. The van der Waals surface area contributed by atoms with Crippen LogP contribution in [-0.4, -0.2) is 61.2 Å². The van der Waals surface area contributed by atoms with Gasteiger partial charge in [0, 0.05) is 33.3 Å². The summed E-state index contributed by atoms with van der Waals surface area (Å²) >= 11 is 0. The molecule has 1 aliphatic heterocycles. The molecule has 1 fully saturated rings. The third-order valence-corrected chi connectivity index (χ3v) is 4.22. The molecule has 0 unspecified atom stereocenters. The Morgan fingerprint density at radius 3 is 1.88 bits per heavy atom. The molecule has 1 heterocycles. The molecule has 0 bridgehead atoms. The van der Waals surface area contributed by atoms with Crippen LogP contribution >= 0.6 is 0 Å². The van der Waals surface area contributed by atoms with Gasteiger partial charge in [-0.2, -0.15) is 0 Å². The minimum atomic E-state index is -1.30. The maximum Gasteiger partial charge on any atom is 0.303 e. The van der Waals surface area contributed by atoms with Gasteiger partial charge in [-0.05, 0) is 24.3 Å². The number of benzene rings is 1. The highest BCUT2D eigenvalue weighted by Crippen LogP contribution is 2.31. The molecule has 1 aromatic rings. The summed E-state index contributed by atoms with van der Waals surface area (Å²) in [6.45, 7) is 4.28. The Morgan fingerprint density at radius 1 is 0.844 bits per heavy atom. The monoisotopic (exact) mass is 448 g/mol. The fourth-order valence-corrected chi connectivity index (χ4v) is 3.05. The number of hydrogen-bond donors (Lipinski definition) is 0. The standard InChI is InChI=1S/C22H24O10/c1-6-16-7-9-17(10-8-16)31-22-21(30-15(5)26)20(29-14(4)25)19(28-13(3)24)18(32-22)11-27-12(2)23/h1,7-10,18-22H,11H2,2-5H3/t18-,19-,20+,21-,22+/m1/s1. The molecule has 0 spiro atoms. The third kappa shape index (κ3) is 6.99. The summed E-state index contributed by atoms with van der Waals surface area (Å²) in [6.07, 6.45) is -0.887. The first-order valence-corrected chi connectivity index (χ1v) is 9.64. The van der Waals surface area contributed by atoms with E-state index >= 15 is 0 Å². The Balaban J connectivity index is 2.43. The van der Waals surface area contributed by atoms with E-state index in [0.29, 0.717) is 11.3 Å². The highest BCUT2D eigenvalue weighted by Gasteiger charge is 2.53. The SMILES string of the molecule is C#Cc1ccc(O[C@H]2O[C@H](COC(C)=O)[C@@H](OC(C)=O)[C@H](OC(C)=O)[C@H]2OC(C)=O)cc1. The minimum Gasteiger partial charge on any atom is -0.463 e. The van der Waals surface area contributed by atoms with E-state index in [1.165, 1.54) is 6.92 Å². The summed E-state index contributed by atoms with van der Waals surface area (Å²) in [6, 6.07) is 6.40. The van der Waals surface area contributed by atoms with Crippen LogP contribution in [0.1, 0.15) is 33.3 Å². The van der Waals surface area contributed by atoms with Crippen molar-refractivity contribution in [1.29, 1.82) is 0 Å². The lowest BCUT2D eigenvalue weighted by Gasteiger charge is -2.43. The normalized spacial score (nSPS) is 24.4. The zero-order valence-corrected chi connectivity index (χ0v) is 18.1. The number of terminal acetylenes is 1. The lowest BCUT2D eigenvalue weighted by Crippen LogP contribution is -2.63. The van der Waals surface area contributed by atoms with Gasteiger partial charge in [0.25, 0.3) is 0 Å². The van der Waals surface area contributed by atoms with Gasteiger partial charge in [0.1, 0.15) is 18.5 Å². The summed E-state index contributed by atoms with van der Waals surface area (Å²) in [5.74, 6) is 0.0150. The summed E-state index contributed by atoms with van der Waals surface area (Å²) in [7, 11) is 0. The Hall–Kier alpha value is -3.58. The lowest BCUT2D eigenvalue weighted by molar-refractivity contribution is -0.288.